The number of ether oxygens (including phenoxy) is 1. The van der Waals surface area contributed by atoms with E-state index in [9.17, 15) is 15.2 Å². The molecule has 2 rings (SSSR count). The molecule has 0 aliphatic carbocycles. The van der Waals surface area contributed by atoms with Gasteiger partial charge < -0.3 is 9.84 Å². The Kier molecular flexibility index (Phi) is 3.37. The van der Waals surface area contributed by atoms with Gasteiger partial charge in [-0.2, -0.15) is 0 Å². The van der Waals surface area contributed by atoms with Crippen LogP contribution in [0.3, 0.4) is 0 Å². The first-order chi connectivity index (χ1) is 8.99. The van der Waals surface area contributed by atoms with Crippen LogP contribution in [-0.4, -0.2) is 10.0 Å². The molecule has 19 heavy (non-hydrogen) atoms. The Morgan fingerprint density at radius 3 is 2.58 bits per heavy atom. The summed E-state index contributed by atoms with van der Waals surface area (Å²) in [7, 11) is 0. The third-order valence-electron chi connectivity index (χ3n) is 2.85. The van der Waals surface area contributed by atoms with Gasteiger partial charge in [0, 0.05) is 17.2 Å². The number of hydrogen-bond acceptors (Lipinski definition) is 4. The number of nitro groups is 1. The molecule has 0 unspecified atom stereocenters. The number of rotatable bonds is 3. The van der Waals surface area contributed by atoms with Crippen molar-refractivity contribution >= 4 is 5.69 Å². The smallest absolute Gasteiger partial charge is 0.272 e. The predicted molar refractivity (Wildman–Crippen MR) is 70.8 cm³/mol. The van der Waals surface area contributed by atoms with Gasteiger partial charge in [0.2, 0.25) is 0 Å². The molecule has 0 amide bonds. The lowest BCUT2D eigenvalue weighted by molar-refractivity contribution is -0.385. The van der Waals surface area contributed by atoms with Crippen LogP contribution >= 0.6 is 0 Å². The van der Waals surface area contributed by atoms with E-state index in [1.54, 1.807) is 38.1 Å². The Hall–Kier alpha value is -2.56. The number of phenols is 1. The minimum atomic E-state index is -0.432. The van der Waals surface area contributed by atoms with Crippen LogP contribution in [0.15, 0.2) is 36.4 Å². The van der Waals surface area contributed by atoms with Crippen LogP contribution in [0.1, 0.15) is 11.1 Å². The second-order valence-corrected chi connectivity index (χ2v) is 4.21. The molecule has 0 saturated carbocycles. The van der Waals surface area contributed by atoms with Gasteiger partial charge in [0.15, 0.2) is 0 Å². The summed E-state index contributed by atoms with van der Waals surface area (Å²) in [4.78, 5) is 10.3. The zero-order valence-electron chi connectivity index (χ0n) is 10.6. The zero-order valence-corrected chi connectivity index (χ0v) is 10.6. The van der Waals surface area contributed by atoms with Crippen LogP contribution in [-0.2, 0) is 0 Å². The minimum absolute atomic E-state index is 0.0555. The minimum Gasteiger partial charge on any atom is -0.508 e. The maximum Gasteiger partial charge on any atom is 0.272 e. The van der Waals surface area contributed by atoms with Gasteiger partial charge in [-0.05, 0) is 38.1 Å². The SMILES string of the molecule is Cc1cc(Oc2cccc(O)c2C)ccc1[N+](=O)[O-]. The fourth-order valence-electron chi connectivity index (χ4n) is 1.74. The highest BCUT2D eigenvalue weighted by atomic mass is 16.6. The zero-order chi connectivity index (χ0) is 14.0. The van der Waals surface area contributed by atoms with E-state index >= 15 is 0 Å². The summed E-state index contributed by atoms with van der Waals surface area (Å²) in [6.07, 6.45) is 0. The van der Waals surface area contributed by atoms with Crippen molar-refractivity contribution in [1.82, 2.24) is 0 Å². The molecule has 0 saturated heterocycles. The Balaban J connectivity index is 2.32. The highest BCUT2D eigenvalue weighted by Crippen LogP contribution is 2.32. The Bertz CT molecular complexity index is 637. The average Bonchev–Trinajstić information content (AvgIpc) is 2.34. The highest BCUT2D eigenvalue weighted by molar-refractivity contribution is 5.48. The predicted octanol–water partition coefficient (Wildman–Crippen LogP) is 3.71. The average molecular weight is 259 g/mol. The van der Waals surface area contributed by atoms with Gasteiger partial charge in [-0.15, -0.1) is 0 Å². The van der Waals surface area contributed by atoms with Crippen LogP contribution in [0.25, 0.3) is 0 Å². The molecule has 5 heteroatoms. The molecular weight excluding hydrogens is 246 g/mol. The Morgan fingerprint density at radius 2 is 1.95 bits per heavy atom. The third-order valence-corrected chi connectivity index (χ3v) is 2.85. The molecule has 0 atom stereocenters. The Labute approximate surface area is 110 Å². The molecule has 2 aromatic rings. The second kappa shape index (κ2) is 4.97. The van der Waals surface area contributed by atoms with Crippen molar-refractivity contribution in [2.45, 2.75) is 13.8 Å². The molecular formula is C14H13NO4. The van der Waals surface area contributed by atoms with E-state index < -0.39 is 4.92 Å². The van der Waals surface area contributed by atoms with Gasteiger partial charge >= 0.3 is 0 Å². The maximum absolute atomic E-state index is 10.7. The van der Waals surface area contributed by atoms with Gasteiger partial charge in [-0.3, -0.25) is 10.1 Å². The summed E-state index contributed by atoms with van der Waals surface area (Å²) >= 11 is 0. The van der Waals surface area contributed by atoms with Gasteiger partial charge in [0.25, 0.3) is 5.69 Å². The van der Waals surface area contributed by atoms with Crippen molar-refractivity contribution < 1.29 is 14.8 Å². The molecule has 0 radical (unpaired) electrons. The second-order valence-electron chi connectivity index (χ2n) is 4.21. The van der Waals surface area contributed by atoms with Gasteiger partial charge in [0.05, 0.1) is 4.92 Å². The fourth-order valence-corrected chi connectivity index (χ4v) is 1.74. The molecule has 0 aliphatic heterocycles. The van der Waals surface area contributed by atoms with Gasteiger partial charge in [-0.25, -0.2) is 0 Å². The number of aromatic hydroxyl groups is 1. The molecule has 0 aliphatic rings. The fraction of sp³-hybridized carbons (Fsp3) is 0.143. The summed E-state index contributed by atoms with van der Waals surface area (Å²) in [5.41, 5.74) is 1.21. The lowest BCUT2D eigenvalue weighted by Crippen LogP contribution is -1.93. The van der Waals surface area contributed by atoms with E-state index in [-0.39, 0.29) is 11.4 Å². The van der Waals surface area contributed by atoms with Gasteiger partial charge in [-0.1, -0.05) is 6.07 Å². The number of hydrogen-bond donors (Lipinski definition) is 1. The van der Waals surface area contributed by atoms with E-state index in [2.05, 4.69) is 0 Å². The van der Waals surface area contributed by atoms with Crippen LogP contribution in [0, 0.1) is 24.0 Å². The van der Waals surface area contributed by atoms with E-state index in [1.807, 2.05) is 0 Å². The molecule has 2 aromatic carbocycles. The van der Waals surface area contributed by atoms with Crippen molar-refractivity contribution in [3.63, 3.8) is 0 Å². The topological polar surface area (TPSA) is 72.6 Å². The quantitative estimate of drug-likeness (QED) is 0.673. The molecule has 5 nitrogen and oxygen atoms in total. The van der Waals surface area contributed by atoms with E-state index in [0.717, 1.165) is 0 Å². The van der Waals surface area contributed by atoms with Crippen molar-refractivity contribution in [3.8, 4) is 17.2 Å². The maximum atomic E-state index is 10.7. The summed E-state index contributed by atoms with van der Waals surface area (Å²) in [5, 5.41) is 20.3. The van der Waals surface area contributed by atoms with Crippen molar-refractivity contribution in [2.75, 3.05) is 0 Å². The van der Waals surface area contributed by atoms with E-state index in [0.29, 0.717) is 22.6 Å². The first kappa shape index (κ1) is 12.9. The molecule has 0 bridgehead atoms. The van der Waals surface area contributed by atoms with E-state index in [4.69, 9.17) is 4.74 Å². The number of aryl methyl sites for hydroxylation is 1. The Morgan fingerprint density at radius 1 is 1.21 bits per heavy atom. The van der Waals surface area contributed by atoms with Crippen LogP contribution < -0.4 is 4.74 Å². The highest BCUT2D eigenvalue weighted by Gasteiger charge is 2.12. The number of phenolic OH excluding ortho intramolecular Hbond substituents is 1. The molecule has 98 valence electrons. The number of nitro benzene ring substituents is 1. The van der Waals surface area contributed by atoms with Crippen LogP contribution in [0.2, 0.25) is 0 Å². The third kappa shape index (κ3) is 2.65. The van der Waals surface area contributed by atoms with Crippen molar-refractivity contribution in [3.05, 3.63) is 57.6 Å². The first-order valence-electron chi connectivity index (χ1n) is 5.70. The van der Waals surface area contributed by atoms with Crippen LogP contribution in [0.5, 0.6) is 17.2 Å². The van der Waals surface area contributed by atoms with E-state index in [1.165, 1.54) is 12.1 Å². The monoisotopic (exact) mass is 259 g/mol. The molecule has 1 N–H and O–H groups in total. The molecule has 0 spiro atoms. The van der Waals surface area contributed by atoms with Crippen molar-refractivity contribution in [2.24, 2.45) is 0 Å². The normalized spacial score (nSPS) is 10.2. The largest absolute Gasteiger partial charge is 0.508 e. The molecule has 0 aromatic heterocycles. The number of benzene rings is 2. The summed E-state index contributed by atoms with van der Waals surface area (Å²) in [5.74, 6) is 1.17. The standard InChI is InChI=1S/C14H13NO4/c1-9-8-11(6-7-12(9)15(17)18)19-14-5-3-4-13(16)10(14)2/h3-8,16H,1-2H3. The number of nitrogens with zero attached hydrogens (tertiary/aromatic N) is 1. The molecule has 0 fully saturated rings. The summed E-state index contributed by atoms with van der Waals surface area (Å²) in [6.45, 7) is 3.39. The first-order valence-corrected chi connectivity index (χ1v) is 5.70. The van der Waals surface area contributed by atoms with Crippen molar-refractivity contribution in [1.29, 1.82) is 0 Å². The summed E-state index contributed by atoms with van der Waals surface area (Å²) in [6, 6.07) is 9.52. The van der Waals surface area contributed by atoms with Crippen LogP contribution in [0.4, 0.5) is 5.69 Å². The van der Waals surface area contributed by atoms with Gasteiger partial charge in [0.1, 0.15) is 17.2 Å². The lowest BCUT2D eigenvalue weighted by atomic mass is 10.2. The molecule has 0 heterocycles. The lowest BCUT2D eigenvalue weighted by Gasteiger charge is -2.10. The summed E-state index contributed by atoms with van der Waals surface area (Å²) < 4.78 is 5.62.